The number of piperidine rings is 1. The van der Waals surface area contributed by atoms with Crippen LogP contribution >= 0.6 is 11.6 Å². The van der Waals surface area contributed by atoms with Gasteiger partial charge in [-0.25, -0.2) is 18.4 Å². The molecule has 0 unspecified atom stereocenters. The van der Waals surface area contributed by atoms with Crippen LogP contribution in [-0.4, -0.2) is 61.7 Å². The number of carbonyl (C=O) groups is 1. The lowest BCUT2D eigenvalue weighted by Crippen LogP contribution is -2.47. The highest BCUT2D eigenvalue weighted by molar-refractivity contribution is 7.90. The van der Waals surface area contributed by atoms with Crippen molar-refractivity contribution in [2.45, 2.75) is 30.4 Å². The van der Waals surface area contributed by atoms with Crippen LogP contribution in [0, 0.1) is 0 Å². The molecular formula is C21H25ClN4O4S. The zero-order valence-electron chi connectivity index (χ0n) is 17.5. The normalized spacial score (nSPS) is 19.1. The van der Waals surface area contributed by atoms with Gasteiger partial charge in [-0.3, -0.25) is 9.69 Å². The van der Waals surface area contributed by atoms with Crippen LogP contribution < -0.4 is 10.1 Å². The number of hydrogen-bond acceptors (Lipinski definition) is 7. The minimum atomic E-state index is -3.24. The Morgan fingerprint density at radius 3 is 2.58 bits per heavy atom. The Morgan fingerprint density at radius 1 is 1.26 bits per heavy atom. The molecule has 1 saturated heterocycles. The van der Waals surface area contributed by atoms with E-state index >= 15 is 0 Å². The summed E-state index contributed by atoms with van der Waals surface area (Å²) in [4.78, 5) is 23.2. The number of hydrogen-bond donors (Lipinski definition) is 1. The molecular weight excluding hydrogens is 440 g/mol. The third kappa shape index (κ3) is 4.40. The largest absolute Gasteiger partial charge is 0.489 e. The summed E-state index contributed by atoms with van der Waals surface area (Å²) in [5.74, 6) is 0.810. The minimum absolute atomic E-state index is 0.0567. The summed E-state index contributed by atoms with van der Waals surface area (Å²) in [5, 5.41) is 2.88. The van der Waals surface area contributed by atoms with E-state index in [9.17, 15) is 13.2 Å². The summed E-state index contributed by atoms with van der Waals surface area (Å²) in [7, 11) is -3.24. The molecule has 10 heteroatoms. The lowest BCUT2D eigenvalue weighted by molar-refractivity contribution is -0.122. The molecule has 1 N–H and O–H groups in total. The van der Waals surface area contributed by atoms with E-state index in [0.717, 1.165) is 43.4 Å². The number of nitrogens with zero attached hydrogens (tertiary/aromatic N) is 3. The van der Waals surface area contributed by atoms with E-state index in [1.165, 1.54) is 12.4 Å². The molecule has 3 heterocycles. The van der Waals surface area contributed by atoms with Crippen molar-refractivity contribution in [2.75, 3.05) is 37.8 Å². The van der Waals surface area contributed by atoms with Crippen molar-refractivity contribution in [3.8, 4) is 5.75 Å². The van der Waals surface area contributed by atoms with Crippen molar-refractivity contribution in [2.24, 2.45) is 0 Å². The predicted molar refractivity (Wildman–Crippen MR) is 118 cm³/mol. The quantitative estimate of drug-likeness (QED) is 0.701. The van der Waals surface area contributed by atoms with Gasteiger partial charge in [0.15, 0.2) is 15.6 Å². The number of ether oxygens (including phenoxy) is 1. The second-order valence-corrected chi connectivity index (χ2v) is 11.0. The van der Waals surface area contributed by atoms with E-state index in [0.29, 0.717) is 23.9 Å². The van der Waals surface area contributed by atoms with Crippen LogP contribution in [0.1, 0.15) is 36.4 Å². The standard InChI is InChI=1S/C21H25ClN4O4S/c1-14(31(2,28)29)19-23-12-16(13-24-19)30-10-9-26-7-5-21(6-8-26)17-11-15(22)3-4-18(17)25-20(21)27/h3-4,11-14H,5-10H2,1-2H3,(H,25,27)/t14-/m1/s1. The van der Waals surface area contributed by atoms with E-state index in [2.05, 4.69) is 20.2 Å². The SMILES string of the molecule is C[C@H](c1ncc(OCCN2CCC3(CC2)C(=O)Nc2ccc(Cl)cc23)cn1)S(C)(=O)=O. The minimum Gasteiger partial charge on any atom is -0.489 e. The van der Waals surface area contributed by atoms with Crippen molar-refractivity contribution in [1.29, 1.82) is 0 Å². The average Bonchev–Trinajstić information content (AvgIpc) is 3.00. The molecule has 8 nitrogen and oxygen atoms in total. The van der Waals surface area contributed by atoms with E-state index in [1.807, 2.05) is 12.1 Å². The Labute approximate surface area is 186 Å². The van der Waals surface area contributed by atoms with Gasteiger partial charge in [0.05, 0.1) is 17.8 Å². The van der Waals surface area contributed by atoms with E-state index in [-0.39, 0.29) is 11.7 Å². The maximum Gasteiger partial charge on any atom is 0.235 e. The van der Waals surface area contributed by atoms with E-state index < -0.39 is 20.5 Å². The molecule has 0 radical (unpaired) electrons. The first-order chi connectivity index (χ1) is 14.7. The highest BCUT2D eigenvalue weighted by Gasteiger charge is 2.48. The third-order valence-corrected chi connectivity index (χ3v) is 7.95. The van der Waals surface area contributed by atoms with Crippen LogP contribution in [0.5, 0.6) is 5.75 Å². The van der Waals surface area contributed by atoms with Crippen LogP contribution in [-0.2, 0) is 20.0 Å². The Bertz CT molecular complexity index is 1080. The average molecular weight is 465 g/mol. The molecule has 2 aliphatic heterocycles. The fourth-order valence-corrected chi connectivity index (χ4v) is 4.81. The summed E-state index contributed by atoms with van der Waals surface area (Å²) in [6.07, 6.45) is 5.62. The molecule has 0 saturated carbocycles. The van der Waals surface area contributed by atoms with Gasteiger partial charge < -0.3 is 10.1 Å². The molecule has 1 aromatic heterocycles. The van der Waals surface area contributed by atoms with Crippen molar-refractivity contribution in [3.05, 3.63) is 47.0 Å². The Kier molecular flexibility index (Phi) is 5.93. The second kappa shape index (κ2) is 8.37. The lowest BCUT2D eigenvalue weighted by atomic mass is 9.73. The maximum atomic E-state index is 12.7. The Hall–Kier alpha value is -2.23. The smallest absolute Gasteiger partial charge is 0.235 e. The summed E-state index contributed by atoms with van der Waals surface area (Å²) in [6, 6.07) is 5.57. The number of benzene rings is 1. The molecule has 1 atom stereocenters. The summed E-state index contributed by atoms with van der Waals surface area (Å²) in [5.41, 5.74) is 1.36. The number of sulfone groups is 1. The topological polar surface area (TPSA) is 101 Å². The fourth-order valence-electron chi connectivity index (χ4n) is 4.14. The number of rotatable bonds is 6. The number of amides is 1. The third-order valence-electron chi connectivity index (χ3n) is 6.22. The highest BCUT2D eigenvalue weighted by atomic mass is 35.5. The van der Waals surface area contributed by atoms with Crippen LogP contribution in [0.3, 0.4) is 0 Å². The lowest BCUT2D eigenvalue weighted by Gasteiger charge is -2.37. The van der Waals surface area contributed by atoms with Gasteiger partial charge in [0.25, 0.3) is 0 Å². The van der Waals surface area contributed by atoms with Crippen LogP contribution in [0.4, 0.5) is 5.69 Å². The van der Waals surface area contributed by atoms with Crippen LogP contribution in [0.15, 0.2) is 30.6 Å². The monoisotopic (exact) mass is 464 g/mol. The van der Waals surface area contributed by atoms with Gasteiger partial charge >= 0.3 is 0 Å². The van der Waals surface area contributed by atoms with Gasteiger partial charge in [-0.1, -0.05) is 11.6 Å². The molecule has 31 heavy (non-hydrogen) atoms. The zero-order valence-corrected chi connectivity index (χ0v) is 19.0. The molecule has 166 valence electrons. The van der Waals surface area contributed by atoms with Gasteiger partial charge in [0.2, 0.25) is 5.91 Å². The van der Waals surface area contributed by atoms with Gasteiger partial charge in [0.1, 0.15) is 17.7 Å². The number of carbonyl (C=O) groups excluding carboxylic acids is 1. The molecule has 1 amide bonds. The molecule has 4 rings (SSSR count). The molecule has 1 fully saturated rings. The highest BCUT2D eigenvalue weighted by Crippen LogP contribution is 2.45. The van der Waals surface area contributed by atoms with Gasteiger partial charge in [-0.2, -0.15) is 0 Å². The predicted octanol–water partition coefficient (Wildman–Crippen LogP) is 2.60. The van der Waals surface area contributed by atoms with Crippen molar-refractivity contribution < 1.29 is 17.9 Å². The van der Waals surface area contributed by atoms with Crippen LogP contribution in [0.2, 0.25) is 5.02 Å². The first kappa shape index (κ1) is 22.0. The first-order valence-corrected chi connectivity index (χ1v) is 12.5. The number of aromatic nitrogens is 2. The number of anilines is 1. The Balaban J connectivity index is 1.30. The second-order valence-electron chi connectivity index (χ2n) is 8.16. The molecule has 1 spiro atoms. The molecule has 0 aliphatic carbocycles. The number of nitrogens with one attached hydrogen (secondary N) is 1. The maximum absolute atomic E-state index is 12.7. The van der Waals surface area contributed by atoms with Gasteiger partial charge in [-0.05, 0) is 56.6 Å². The van der Waals surface area contributed by atoms with Crippen molar-refractivity contribution >= 4 is 33.0 Å². The Morgan fingerprint density at radius 2 is 1.94 bits per heavy atom. The van der Waals surface area contributed by atoms with Crippen molar-refractivity contribution in [1.82, 2.24) is 14.9 Å². The van der Waals surface area contributed by atoms with E-state index in [1.54, 1.807) is 13.0 Å². The number of likely N-dealkylation sites (tertiary alicyclic amines) is 1. The number of fused-ring (bicyclic) bond motifs is 2. The zero-order chi connectivity index (χ0) is 22.2. The van der Waals surface area contributed by atoms with Crippen LogP contribution in [0.25, 0.3) is 0 Å². The van der Waals surface area contributed by atoms with Crippen molar-refractivity contribution in [3.63, 3.8) is 0 Å². The molecule has 0 bridgehead atoms. The van der Waals surface area contributed by atoms with E-state index in [4.69, 9.17) is 16.3 Å². The molecule has 2 aromatic rings. The fraction of sp³-hybridized carbons (Fsp3) is 0.476. The molecule has 2 aliphatic rings. The summed E-state index contributed by atoms with van der Waals surface area (Å²) < 4.78 is 29.0. The first-order valence-electron chi connectivity index (χ1n) is 10.2. The summed E-state index contributed by atoms with van der Waals surface area (Å²) >= 11 is 6.17. The van der Waals surface area contributed by atoms with Gasteiger partial charge in [-0.15, -0.1) is 0 Å². The summed E-state index contributed by atoms with van der Waals surface area (Å²) in [6.45, 7) is 4.28. The molecule has 1 aromatic carbocycles. The van der Waals surface area contributed by atoms with Gasteiger partial charge in [0, 0.05) is 23.5 Å². The number of halogens is 1.